The fraction of sp³-hybridized carbons (Fsp3) is 0.583. The van der Waals surface area contributed by atoms with Crippen LogP contribution in [0.5, 0.6) is 0 Å². The van der Waals surface area contributed by atoms with Gasteiger partial charge >= 0.3 is 6.09 Å². The second-order valence-electron chi connectivity index (χ2n) is 10.3. The molecule has 0 spiro atoms. The smallest absolute Gasteiger partial charge is 0.407 e. The standard InChI is InChI=1S/C24H29F2N7O3/c1-24(6-7-24)29-23(34)36-19-5-4-15(21(19)26)16-9-20(31-30-16)28-22-18-8-14(11-35-12-25)32-33(18)10-17(27-22)13-2-3-13/h8-10,13,15,19,21H,2-7,11-12H2,1H3,(H,29,34)(H2,27,28,30,31)/t15-,19-,21+/m1/s1. The first kappa shape index (κ1) is 23.1. The molecule has 3 N–H and O–H groups in total. The van der Waals surface area contributed by atoms with Gasteiger partial charge in [0.15, 0.2) is 18.5 Å². The quantitative estimate of drug-likeness (QED) is 0.398. The summed E-state index contributed by atoms with van der Waals surface area (Å²) in [4.78, 5) is 16.9. The number of amides is 1. The van der Waals surface area contributed by atoms with E-state index < -0.39 is 31.1 Å². The number of anilines is 2. The second-order valence-corrected chi connectivity index (χ2v) is 10.3. The summed E-state index contributed by atoms with van der Waals surface area (Å²) in [6, 6.07) is 3.55. The Balaban J connectivity index is 1.16. The van der Waals surface area contributed by atoms with Crippen LogP contribution in [0.1, 0.15) is 74.4 Å². The number of nitrogens with zero attached hydrogens (tertiary/aromatic N) is 4. The van der Waals surface area contributed by atoms with Crippen LogP contribution in [-0.4, -0.2) is 55.6 Å². The van der Waals surface area contributed by atoms with Crippen molar-refractivity contribution in [1.29, 1.82) is 0 Å². The molecular weight excluding hydrogens is 472 g/mol. The van der Waals surface area contributed by atoms with Gasteiger partial charge in [-0.05, 0) is 51.5 Å². The number of rotatable bonds is 9. The van der Waals surface area contributed by atoms with Crippen molar-refractivity contribution < 1.29 is 23.0 Å². The van der Waals surface area contributed by atoms with Crippen molar-refractivity contribution in [3.05, 3.63) is 35.4 Å². The molecule has 3 aliphatic rings. The fourth-order valence-corrected chi connectivity index (χ4v) is 4.75. The third-order valence-electron chi connectivity index (χ3n) is 7.25. The van der Waals surface area contributed by atoms with Gasteiger partial charge in [0.2, 0.25) is 0 Å². The number of ether oxygens (including phenoxy) is 2. The normalized spacial score (nSPS) is 24.7. The topological polar surface area (TPSA) is 118 Å². The lowest BCUT2D eigenvalue weighted by Gasteiger charge is -2.19. The summed E-state index contributed by atoms with van der Waals surface area (Å²) in [5, 5.41) is 17.8. The first-order chi connectivity index (χ1) is 17.4. The number of carbonyl (C=O) groups excluding carboxylic acids is 1. The number of carbonyl (C=O) groups is 1. The van der Waals surface area contributed by atoms with E-state index >= 15 is 4.39 Å². The Morgan fingerprint density at radius 3 is 2.86 bits per heavy atom. The third kappa shape index (κ3) is 4.73. The lowest BCUT2D eigenvalue weighted by atomic mass is 10.0. The number of H-pyrrole nitrogens is 1. The molecule has 0 unspecified atom stereocenters. The van der Waals surface area contributed by atoms with E-state index in [4.69, 9.17) is 14.5 Å². The van der Waals surface area contributed by atoms with Crippen LogP contribution < -0.4 is 10.6 Å². The minimum absolute atomic E-state index is 0.0585. The first-order valence-electron chi connectivity index (χ1n) is 12.4. The van der Waals surface area contributed by atoms with Gasteiger partial charge in [-0.25, -0.2) is 23.1 Å². The van der Waals surface area contributed by atoms with Crippen LogP contribution >= 0.6 is 0 Å². The molecule has 0 radical (unpaired) electrons. The SMILES string of the molecule is CC1(NC(=O)O[C@@H]2CC[C@H](c3cc(Nc4nc(C5CC5)cn5nc(COCF)cc45)n[nH]3)[C@@H]2F)CC1. The van der Waals surface area contributed by atoms with E-state index in [0.717, 1.165) is 31.4 Å². The van der Waals surface area contributed by atoms with E-state index in [-0.39, 0.29) is 12.1 Å². The van der Waals surface area contributed by atoms with E-state index in [2.05, 4.69) is 25.9 Å². The average molecular weight is 502 g/mol. The number of aromatic nitrogens is 5. The summed E-state index contributed by atoms with van der Waals surface area (Å²) in [6.07, 6.45) is 4.17. The number of aromatic amines is 1. The lowest BCUT2D eigenvalue weighted by Crippen LogP contribution is -2.38. The first-order valence-corrected chi connectivity index (χ1v) is 12.4. The summed E-state index contributed by atoms with van der Waals surface area (Å²) in [5.74, 6) is 0.992. The predicted octanol–water partition coefficient (Wildman–Crippen LogP) is 4.38. The van der Waals surface area contributed by atoms with E-state index in [1.54, 1.807) is 16.6 Å². The molecular formula is C24H29F2N7O3. The molecule has 3 aromatic heterocycles. The Morgan fingerprint density at radius 1 is 1.28 bits per heavy atom. The van der Waals surface area contributed by atoms with Gasteiger partial charge in [0.25, 0.3) is 0 Å². The molecule has 0 aromatic carbocycles. The number of hydrogen-bond acceptors (Lipinski definition) is 7. The number of hydrogen-bond donors (Lipinski definition) is 3. The van der Waals surface area contributed by atoms with E-state index in [1.165, 1.54) is 0 Å². The Bertz CT molecular complexity index is 1270. The molecule has 3 heterocycles. The van der Waals surface area contributed by atoms with E-state index in [9.17, 15) is 9.18 Å². The van der Waals surface area contributed by atoms with Crippen LogP contribution in [-0.2, 0) is 16.1 Å². The van der Waals surface area contributed by atoms with Gasteiger partial charge in [-0.3, -0.25) is 5.10 Å². The van der Waals surface area contributed by atoms with Gasteiger partial charge < -0.3 is 20.1 Å². The molecule has 3 saturated carbocycles. The van der Waals surface area contributed by atoms with Crippen LogP contribution in [0, 0.1) is 0 Å². The van der Waals surface area contributed by atoms with E-state index in [1.807, 2.05) is 13.1 Å². The Kier molecular flexibility index (Phi) is 5.78. The summed E-state index contributed by atoms with van der Waals surface area (Å²) < 4.78 is 39.6. The zero-order valence-corrected chi connectivity index (χ0v) is 20.0. The van der Waals surface area contributed by atoms with Crippen molar-refractivity contribution >= 4 is 23.2 Å². The fourth-order valence-electron chi connectivity index (χ4n) is 4.75. The maximum absolute atomic E-state index is 15.2. The van der Waals surface area contributed by atoms with Crippen molar-refractivity contribution in [1.82, 2.24) is 30.1 Å². The highest BCUT2D eigenvalue weighted by Gasteiger charge is 2.43. The van der Waals surface area contributed by atoms with Crippen LogP contribution in [0.3, 0.4) is 0 Å². The maximum atomic E-state index is 15.2. The van der Waals surface area contributed by atoms with Crippen LogP contribution in [0.4, 0.5) is 25.2 Å². The summed E-state index contributed by atoms with van der Waals surface area (Å²) >= 11 is 0. The van der Waals surface area contributed by atoms with Crippen LogP contribution in [0.15, 0.2) is 18.3 Å². The highest BCUT2D eigenvalue weighted by atomic mass is 19.1. The van der Waals surface area contributed by atoms with Crippen molar-refractivity contribution in [3.63, 3.8) is 0 Å². The maximum Gasteiger partial charge on any atom is 0.407 e. The molecule has 0 saturated heterocycles. The zero-order valence-electron chi connectivity index (χ0n) is 20.0. The monoisotopic (exact) mass is 501 g/mol. The molecule has 3 aromatic rings. The summed E-state index contributed by atoms with van der Waals surface area (Å²) in [6.45, 7) is 1.12. The van der Waals surface area contributed by atoms with Gasteiger partial charge in [-0.2, -0.15) is 10.2 Å². The van der Waals surface area contributed by atoms with Crippen LogP contribution in [0.2, 0.25) is 0 Å². The van der Waals surface area contributed by atoms with Crippen LogP contribution in [0.25, 0.3) is 5.52 Å². The number of halogens is 2. The van der Waals surface area contributed by atoms with Crippen molar-refractivity contribution in [2.45, 2.75) is 81.7 Å². The Labute approximate surface area is 206 Å². The largest absolute Gasteiger partial charge is 0.443 e. The summed E-state index contributed by atoms with van der Waals surface area (Å²) in [7, 11) is 0. The second kappa shape index (κ2) is 8.99. The Morgan fingerprint density at radius 2 is 2.11 bits per heavy atom. The van der Waals surface area contributed by atoms with E-state index in [0.29, 0.717) is 47.3 Å². The van der Waals surface area contributed by atoms with Gasteiger partial charge in [0.05, 0.1) is 24.2 Å². The lowest BCUT2D eigenvalue weighted by molar-refractivity contribution is 0.0443. The molecule has 36 heavy (non-hydrogen) atoms. The molecule has 3 aliphatic carbocycles. The molecule has 10 nitrogen and oxygen atoms in total. The summed E-state index contributed by atoms with van der Waals surface area (Å²) in [5.41, 5.74) is 2.63. The molecule has 192 valence electrons. The third-order valence-corrected chi connectivity index (χ3v) is 7.25. The zero-order chi connectivity index (χ0) is 24.9. The molecule has 6 rings (SSSR count). The average Bonchev–Trinajstić information content (AvgIpc) is 3.69. The molecule has 3 atom stereocenters. The van der Waals surface area contributed by atoms with Gasteiger partial charge in [0.1, 0.15) is 17.8 Å². The minimum Gasteiger partial charge on any atom is -0.443 e. The van der Waals surface area contributed by atoms with Crippen molar-refractivity contribution in [2.75, 3.05) is 12.2 Å². The van der Waals surface area contributed by atoms with Gasteiger partial charge in [0, 0.05) is 29.1 Å². The number of alkyl halides is 2. The van der Waals surface area contributed by atoms with Gasteiger partial charge in [-0.15, -0.1) is 0 Å². The highest BCUT2D eigenvalue weighted by Crippen LogP contribution is 2.41. The van der Waals surface area contributed by atoms with Crippen molar-refractivity contribution in [3.8, 4) is 0 Å². The molecule has 1 amide bonds. The molecule has 12 heteroatoms. The Hall–Kier alpha value is -3.28. The van der Waals surface area contributed by atoms with Crippen molar-refractivity contribution in [2.24, 2.45) is 0 Å². The molecule has 3 fully saturated rings. The highest BCUT2D eigenvalue weighted by molar-refractivity contribution is 5.73. The predicted molar refractivity (Wildman–Crippen MR) is 126 cm³/mol. The number of alkyl carbamates (subject to hydrolysis) is 1. The number of fused-ring (bicyclic) bond motifs is 1. The molecule has 0 aliphatic heterocycles. The molecule has 0 bridgehead atoms. The van der Waals surface area contributed by atoms with Gasteiger partial charge in [-0.1, -0.05) is 0 Å². The minimum atomic E-state index is -1.33. The number of nitrogens with one attached hydrogen (secondary N) is 3.